The van der Waals surface area contributed by atoms with Crippen LogP contribution in [-0.4, -0.2) is 33.1 Å². The average molecular weight is 755 g/mol. The second kappa shape index (κ2) is 18.3. The number of ether oxygens (including phenoxy) is 2. The van der Waals surface area contributed by atoms with E-state index in [1.165, 1.54) is 82.8 Å². The van der Waals surface area contributed by atoms with E-state index in [0.717, 1.165) is 18.8 Å². The van der Waals surface area contributed by atoms with Gasteiger partial charge in [-0.05, 0) is 0 Å². The van der Waals surface area contributed by atoms with Crippen molar-refractivity contribution in [2.75, 3.05) is 19.8 Å². The molecule has 6 heteroatoms. The van der Waals surface area contributed by atoms with Gasteiger partial charge in [-0.1, -0.05) is 0 Å². The standard InChI is InChI=1S/C34H51GeIO2S2/c1-6-9-11-13-15-28-26-32(40-33(28)31-25-29(34(36)39-31)16-14-12-10-7-2)35(4,5)22-21-27-17-19-30(20-18-27)38-24-23-37-8-3/h17-20,25-26H,6-16,21-24H2,1-5H3. The van der Waals surface area contributed by atoms with Gasteiger partial charge >= 0.3 is 271 Å². The van der Waals surface area contributed by atoms with Crippen LogP contribution in [0.25, 0.3) is 9.75 Å². The molecular weight excluding hydrogens is 704 g/mol. The fraction of sp³-hybridized carbons (Fsp3) is 0.588. The van der Waals surface area contributed by atoms with Crippen LogP contribution in [0, 0.1) is 2.88 Å². The van der Waals surface area contributed by atoms with E-state index < -0.39 is 13.3 Å². The van der Waals surface area contributed by atoms with Crippen molar-refractivity contribution < 1.29 is 9.47 Å². The summed E-state index contributed by atoms with van der Waals surface area (Å²) in [5.74, 6) is 6.19. The molecule has 0 radical (unpaired) electrons. The van der Waals surface area contributed by atoms with Crippen molar-refractivity contribution in [2.45, 2.75) is 108 Å². The molecule has 0 spiro atoms. The SMILES string of the molecule is CCCCCCc1cc(-c2s[c]([Ge]([CH3])([CH3])[CH2]Cc3ccc(OCCOCC)cc3)cc2CCCCCC)sc1I. The Morgan fingerprint density at radius 3 is 2.08 bits per heavy atom. The molecule has 1 aromatic carbocycles. The van der Waals surface area contributed by atoms with Gasteiger partial charge in [0.05, 0.1) is 0 Å². The quantitative estimate of drug-likeness (QED) is 0.0650. The van der Waals surface area contributed by atoms with Gasteiger partial charge in [0.1, 0.15) is 0 Å². The van der Waals surface area contributed by atoms with Gasteiger partial charge in [-0.25, -0.2) is 0 Å². The van der Waals surface area contributed by atoms with Crippen molar-refractivity contribution in [3.63, 3.8) is 0 Å². The van der Waals surface area contributed by atoms with Crippen LogP contribution in [0.15, 0.2) is 36.4 Å². The first-order valence-electron chi connectivity index (χ1n) is 15.6. The molecule has 222 valence electrons. The first-order valence-corrected chi connectivity index (χ1v) is 25.0. The molecule has 0 saturated heterocycles. The van der Waals surface area contributed by atoms with Crippen LogP contribution >= 0.6 is 45.3 Å². The maximum atomic E-state index is 5.81. The predicted molar refractivity (Wildman–Crippen MR) is 190 cm³/mol. The summed E-state index contributed by atoms with van der Waals surface area (Å²) in [5, 5.41) is 1.32. The summed E-state index contributed by atoms with van der Waals surface area (Å²) in [7, 11) is 0. The van der Waals surface area contributed by atoms with Gasteiger partial charge < -0.3 is 0 Å². The number of unbranched alkanes of at least 4 members (excludes halogenated alkanes) is 6. The molecule has 0 N–H and O–H groups in total. The van der Waals surface area contributed by atoms with E-state index in [9.17, 15) is 0 Å². The zero-order chi connectivity index (χ0) is 28.8. The minimum atomic E-state index is -2.16. The molecule has 0 aliphatic heterocycles. The first kappa shape index (κ1) is 34.1. The number of hydrogen-bond donors (Lipinski definition) is 0. The molecule has 0 bridgehead atoms. The molecule has 3 rings (SSSR count). The maximum absolute atomic E-state index is 5.81. The first-order chi connectivity index (χ1) is 19.4. The van der Waals surface area contributed by atoms with Crippen LogP contribution in [-0.2, 0) is 24.0 Å². The van der Waals surface area contributed by atoms with Crippen LogP contribution in [0.4, 0.5) is 0 Å². The van der Waals surface area contributed by atoms with Crippen LogP contribution in [0.3, 0.4) is 0 Å². The van der Waals surface area contributed by atoms with E-state index >= 15 is 0 Å². The fourth-order valence-electron chi connectivity index (χ4n) is 5.03. The molecule has 40 heavy (non-hydrogen) atoms. The molecule has 0 saturated carbocycles. The van der Waals surface area contributed by atoms with Crippen molar-refractivity contribution in [1.82, 2.24) is 0 Å². The molecule has 2 heterocycles. The Balaban J connectivity index is 1.71. The van der Waals surface area contributed by atoms with E-state index in [2.05, 4.69) is 95.7 Å². The van der Waals surface area contributed by atoms with Crippen LogP contribution in [0.2, 0.25) is 16.8 Å². The molecule has 3 aromatic rings. The number of hydrogen-bond acceptors (Lipinski definition) is 4. The van der Waals surface area contributed by atoms with Gasteiger partial charge in [0, 0.05) is 0 Å². The van der Waals surface area contributed by atoms with Crippen molar-refractivity contribution in [3.8, 4) is 15.5 Å². The predicted octanol–water partition coefficient (Wildman–Crippen LogP) is 10.9. The minimum absolute atomic E-state index is 0.612. The van der Waals surface area contributed by atoms with Crippen LogP contribution in [0.1, 0.15) is 88.8 Å². The summed E-state index contributed by atoms with van der Waals surface area (Å²) >= 11 is 4.61. The Bertz CT molecular complexity index is 1120. The number of thiophene rings is 2. The van der Waals surface area contributed by atoms with E-state index in [4.69, 9.17) is 9.47 Å². The van der Waals surface area contributed by atoms with Gasteiger partial charge in [0.2, 0.25) is 0 Å². The summed E-state index contributed by atoms with van der Waals surface area (Å²) in [6.45, 7) is 8.62. The summed E-state index contributed by atoms with van der Waals surface area (Å²) in [6, 6.07) is 13.9. The Kier molecular flexibility index (Phi) is 15.7. The Hall–Kier alpha value is -0.347. The van der Waals surface area contributed by atoms with Crippen molar-refractivity contribution in [3.05, 3.63) is 56.0 Å². The van der Waals surface area contributed by atoms with E-state index in [1.807, 2.05) is 18.3 Å². The summed E-state index contributed by atoms with van der Waals surface area (Å²) in [6.07, 6.45) is 14.3. The van der Waals surface area contributed by atoms with Crippen LogP contribution < -0.4 is 8.45 Å². The molecule has 2 aromatic heterocycles. The van der Waals surface area contributed by atoms with Crippen molar-refractivity contribution in [2.24, 2.45) is 0 Å². The van der Waals surface area contributed by atoms with Gasteiger partial charge in [-0.2, -0.15) is 0 Å². The Morgan fingerprint density at radius 2 is 1.43 bits per heavy atom. The van der Waals surface area contributed by atoms with E-state index in [-0.39, 0.29) is 0 Å². The Labute approximate surface area is 269 Å². The summed E-state index contributed by atoms with van der Waals surface area (Å²) in [4.78, 5) is 3.11. The summed E-state index contributed by atoms with van der Waals surface area (Å²) < 4.78 is 14.4. The van der Waals surface area contributed by atoms with Gasteiger partial charge in [-0.15, -0.1) is 0 Å². The van der Waals surface area contributed by atoms with Crippen molar-refractivity contribution in [1.29, 1.82) is 0 Å². The summed E-state index contributed by atoms with van der Waals surface area (Å²) in [5.41, 5.74) is 4.63. The third-order valence-electron chi connectivity index (χ3n) is 7.72. The van der Waals surface area contributed by atoms with Gasteiger partial charge in [0.15, 0.2) is 0 Å². The fourth-order valence-corrected chi connectivity index (χ4v) is 15.0. The zero-order valence-corrected chi connectivity index (χ0v) is 31.5. The third-order valence-corrected chi connectivity index (χ3v) is 21.0. The molecule has 0 unspecified atom stereocenters. The number of rotatable bonds is 20. The molecule has 0 aliphatic carbocycles. The number of halogens is 1. The molecule has 0 aliphatic rings. The zero-order valence-electron chi connectivity index (χ0n) is 25.6. The molecule has 0 amide bonds. The molecule has 2 nitrogen and oxygen atoms in total. The van der Waals surface area contributed by atoms with E-state index in [0.29, 0.717) is 13.2 Å². The normalized spacial score (nSPS) is 11.8. The second-order valence-electron chi connectivity index (χ2n) is 11.6. The second-order valence-corrected chi connectivity index (χ2v) is 26.3. The van der Waals surface area contributed by atoms with Gasteiger partial charge in [-0.3, -0.25) is 0 Å². The molecule has 0 atom stereocenters. The third kappa shape index (κ3) is 11.1. The monoisotopic (exact) mass is 756 g/mol. The van der Waals surface area contributed by atoms with Crippen molar-refractivity contribution >= 4 is 62.2 Å². The number of benzene rings is 1. The molecular formula is C34H51GeIO2S2. The van der Waals surface area contributed by atoms with E-state index in [1.54, 1.807) is 19.7 Å². The van der Waals surface area contributed by atoms with Crippen LogP contribution in [0.5, 0.6) is 5.75 Å². The average Bonchev–Trinajstić information content (AvgIpc) is 3.55. The van der Waals surface area contributed by atoms with Gasteiger partial charge in [0.25, 0.3) is 0 Å². The Morgan fingerprint density at radius 1 is 0.750 bits per heavy atom. The topological polar surface area (TPSA) is 18.5 Å². The number of aryl methyl sites for hydroxylation is 3. The molecule has 0 fully saturated rings.